The Hall–Kier alpha value is -6.86. The molecule has 3 aromatic carbocycles. The van der Waals surface area contributed by atoms with Crippen molar-refractivity contribution < 1.29 is 64.5 Å². The molecule has 18 nitrogen and oxygen atoms in total. The number of aromatic amines is 1. The number of halogens is 3. The Bertz CT molecular complexity index is 3370. The number of nitrogens with one attached hydrogen (secondary N) is 3. The van der Waals surface area contributed by atoms with Gasteiger partial charge in [0.25, 0.3) is 0 Å². The second-order valence-corrected chi connectivity index (χ2v) is 22.1. The van der Waals surface area contributed by atoms with Gasteiger partial charge in [0.1, 0.15) is 41.5 Å². The fourth-order valence-electron chi connectivity index (χ4n) is 9.89. The van der Waals surface area contributed by atoms with Crippen molar-refractivity contribution in [3.63, 3.8) is 0 Å². The molecule has 2 fully saturated rings. The van der Waals surface area contributed by atoms with Crippen LogP contribution >= 0.6 is 11.3 Å². The molecular weight excluding hydrogens is 1070 g/mol. The molecule has 418 valence electrons. The normalized spacial score (nSPS) is 18.5. The summed E-state index contributed by atoms with van der Waals surface area (Å²) in [4.78, 5) is 54.3. The fraction of sp³-hybridized carbons (Fsp3) is 0.393. The van der Waals surface area contributed by atoms with Crippen LogP contribution in [0.3, 0.4) is 0 Å². The van der Waals surface area contributed by atoms with Crippen LogP contribution in [0.25, 0.3) is 32.6 Å². The number of ether oxygens (including phenoxy) is 4. The average molecular weight is 1130 g/mol. The molecule has 0 radical (unpaired) electrons. The van der Waals surface area contributed by atoms with Crippen molar-refractivity contribution >= 4 is 55.7 Å². The quantitative estimate of drug-likeness (QED) is 0.0294. The third kappa shape index (κ3) is 13.6. The number of aromatic nitrogens is 4. The summed E-state index contributed by atoms with van der Waals surface area (Å²) in [5.74, 6) is -5.39. The van der Waals surface area contributed by atoms with E-state index in [0.29, 0.717) is 41.5 Å². The molecule has 1 saturated heterocycles. The first kappa shape index (κ1) is 56.8. The molecule has 1 saturated carbocycles. The van der Waals surface area contributed by atoms with E-state index in [-0.39, 0.29) is 99.6 Å². The monoisotopic (exact) mass is 1130 g/mol. The van der Waals surface area contributed by atoms with Gasteiger partial charge in [0, 0.05) is 60.6 Å². The van der Waals surface area contributed by atoms with Crippen LogP contribution in [0.1, 0.15) is 83.2 Å². The second-order valence-electron chi connectivity index (χ2n) is 19.6. The van der Waals surface area contributed by atoms with Crippen molar-refractivity contribution in [1.82, 2.24) is 29.7 Å². The molecule has 4 aromatic heterocycles. The third-order valence-corrected chi connectivity index (χ3v) is 16.6. The van der Waals surface area contributed by atoms with Crippen LogP contribution in [0.5, 0.6) is 5.75 Å². The number of aliphatic hydroxyl groups is 1. The van der Waals surface area contributed by atoms with Gasteiger partial charge in [0.2, 0.25) is 11.7 Å². The number of H-pyrrole nitrogens is 1. The summed E-state index contributed by atoms with van der Waals surface area (Å²) in [6, 6.07) is 19.7. The standard InChI is InChI=1S/C56H60F3N7O11S2/c1-32-24-49(77-64-32)42(52(68)43-26-40(67)27-45(43)56(70)63-33(2)35-4-6-37(7-5-35)54-34(3)62-31-78-54)15-17-73-18-19-74-20-21-75-22-23-76-41-10-8-36(9-11-41)38-25-44-46(29-61-55(44)60-28-38)53(69)50-47(58)12-13-48(51(50)59)65-79(71,72)66-16-14-39(57)30-66/h4-13,24-25,28-29,31,33,39-40,42-43,45,65,67H,14-23,26-27,30H2,1-3H3,(H,60,61)(H,63,70)/t33-,39+,40-,42+,43?,45+/m0/s1. The number of hydrogen-bond donors (Lipinski definition) is 4. The lowest BCUT2D eigenvalue weighted by Gasteiger charge is -2.24. The molecule has 1 unspecified atom stereocenters. The van der Waals surface area contributed by atoms with E-state index in [4.69, 9.17) is 23.5 Å². The number of nitrogens with zero attached hydrogens (tertiary/aromatic N) is 4. The van der Waals surface area contributed by atoms with Crippen LogP contribution in [0, 0.1) is 37.3 Å². The zero-order valence-electron chi connectivity index (χ0n) is 43.6. The number of aryl methyl sites for hydroxylation is 2. The lowest BCUT2D eigenvalue weighted by Crippen LogP contribution is -2.38. The minimum absolute atomic E-state index is 0.0140. The van der Waals surface area contributed by atoms with Crippen LogP contribution in [-0.4, -0.2) is 127 Å². The Morgan fingerprint density at radius 3 is 2.25 bits per heavy atom. The Labute approximate surface area is 458 Å². The molecule has 1 amide bonds. The van der Waals surface area contributed by atoms with Gasteiger partial charge in [-0.2, -0.15) is 12.7 Å². The Morgan fingerprint density at radius 2 is 1.58 bits per heavy atom. The highest BCUT2D eigenvalue weighted by Crippen LogP contribution is 2.39. The van der Waals surface area contributed by atoms with Crippen molar-refractivity contribution in [2.75, 3.05) is 64.1 Å². The fourth-order valence-corrected chi connectivity index (χ4v) is 12.0. The Kier molecular flexibility index (Phi) is 18.4. The van der Waals surface area contributed by atoms with Gasteiger partial charge in [0.15, 0.2) is 5.82 Å². The number of benzene rings is 3. The first-order chi connectivity index (χ1) is 38.0. The number of rotatable bonds is 26. The van der Waals surface area contributed by atoms with Crippen LogP contribution in [0.2, 0.25) is 0 Å². The average Bonchev–Trinajstić information content (AvgIpc) is 4.32. The number of fused-ring (bicyclic) bond motifs is 1. The Balaban J connectivity index is 0.686. The molecule has 79 heavy (non-hydrogen) atoms. The molecule has 23 heteroatoms. The molecule has 7 aromatic rings. The number of Topliss-reactive ketones (excluding diaryl/α,β-unsaturated/α-hetero) is 1. The van der Waals surface area contributed by atoms with Gasteiger partial charge in [-0.3, -0.25) is 19.1 Å². The summed E-state index contributed by atoms with van der Waals surface area (Å²) in [5, 5.41) is 18.1. The number of ketones is 2. The number of pyridine rings is 1. The predicted molar refractivity (Wildman–Crippen MR) is 288 cm³/mol. The number of carbonyl (C=O) groups excluding carboxylic acids is 3. The smallest absolute Gasteiger partial charge is 0.301 e. The van der Waals surface area contributed by atoms with Crippen LogP contribution in [0.15, 0.2) is 95.2 Å². The molecule has 4 N–H and O–H groups in total. The first-order valence-electron chi connectivity index (χ1n) is 25.9. The SMILES string of the molecule is Cc1cc([C@@H](CCOCCOCCOCCOc2ccc(-c3cnc4[nH]cc(C(=O)c5c(F)ccc(NS(=O)(=O)N6CC[C@@H](F)C6)c5F)c4c3)cc2)C(=O)C2C[C@H](O)C[C@H]2C(=O)N[C@@H](C)c2ccc(-c3scnc3C)cc2)on1. The summed E-state index contributed by atoms with van der Waals surface area (Å²) in [5.41, 5.74) is 5.19. The van der Waals surface area contributed by atoms with Crippen molar-refractivity contribution in [3.05, 3.63) is 136 Å². The van der Waals surface area contributed by atoms with Gasteiger partial charge in [-0.15, -0.1) is 11.3 Å². The van der Waals surface area contributed by atoms with Gasteiger partial charge in [0.05, 0.1) is 90.0 Å². The maximum absolute atomic E-state index is 15.7. The molecule has 0 bridgehead atoms. The van der Waals surface area contributed by atoms with Crippen LogP contribution in [0.4, 0.5) is 18.9 Å². The summed E-state index contributed by atoms with van der Waals surface area (Å²) < 4.78 is 102. The maximum Gasteiger partial charge on any atom is 0.301 e. The number of anilines is 1. The third-order valence-electron chi connectivity index (χ3n) is 14.1. The zero-order chi connectivity index (χ0) is 55.8. The first-order valence-corrected chi connectivity index (χ1v) is 28.2. The maximum atomic E-state index is 15.7. The van der Waals surface area contributed by atoms with Crippen LogP contribution < -0.4 is 14.8 Å². The summed E-state index contributed by atoms with van der Waals surface area (Å²) in [6.07, 6.45) is 1.27. The van der Waals surface area contributed by atoms with Gasteiger partial charge < -0.3 is 38.9 Å². The van der Waals surface area contributed by atoms with Gasteiger partial charge in [-0.05, 0) is 93.5 Å². The molecule has 2 aliphatic rings. The molecule has 5 heterocycles. The predicted octanol–water partition coefficient (Wildman–Crippen LogP) is 8.60. The van der Waals surface area contributed by atoms with Crippen molar-refractivity contribution in [2.24, 2.45) is 11.8 Å². The number of hydrogen-bond acceptors (Lipinski definition) is 15. The minimum Gasteiger partial charge on any atom is -0.491 e. The number of thiazole rings is 1. The second kappa shape index (κ2) is 25.5. The van der Waals surface area contributed by atoms with Gasteiger partial charge >= 0.3 is 10.2 Å². The van der Waals surface area contributed by atoms with E-state index in [1.54, 1.807) is 60.9 Å². The highest BCUT2D eigenvalue weighted by Gasteiger charge is 2.45. The van der Waals surface area contributed by atoms with Crippen molar-refractivity contribution in [1.29, 1.82) is 0 Å². The number of aliphatic hydroxyl groups excluding tert-OH is 1. The van der Waals surface area contributed by atoms with E-state index < -0.39 is 75.5 Å². The van der Waals surface area contributed by atoms with Crippen molar-refractivity contribution in [2.45, 2.75) is 70.7 Å². The zero-order valence-corrected chi connectivity index (χ0v) is 45.2. The van der Waals surface area contributed by atoms with E-state index in [0.717, 1.165) is 38.1 Å². The van der Waals surface area contributed by atoms with Crippen LogP contribution in [-0.2, 0) is 34.0 Å². The number of carbonyl (C=O) groups is 3. The minimum atomic E-state index is -4.38. The number of alkyl halides is 1. The van der Waals surface area contributed by atoms with Gasteiger partial charge in [-0.1, -0.05) is 41.6 Å². The molecular formula is C56H60F3N7O11S2. The summed E-state index contributed by atoms with van der Waals surface area (Å²) in [7, 11) is -4.38. The van der Waals surface area contributed by atoms with Crippen molar-refractivity contribution in [3.8, 4) is 27.3 Å². The van der Waals surface area contributed by atoms with E-state index >= 15 is 8.78 Å². The summed E-state index contributed by atoms with van der Waals surface area (Å²) >= 11 is 1.57. The Morgan fingerprint density at radius 1 is 0.886 bits per heavy atom. The topological polar surface area (TPSA) is 237 Å². The molecule has 0 spiro atoms. The highest BCUT2D eigenvalue weighted by molar-refractivity contribution is 7.90. The molecule has 1 aliphatic heterocycles. The molecule has 1 aliphatic carbocycles. The van der Waals surface area contributed by atoms with E-state index in [9.17, 15) is 32.3 Å². The lowest BCUT2D eigenvalue weighted by atomic mass is 9.82. The summed E-state index contributed by atoms with van der Waals surface area (Å²) in [6.45, 7) is 6.97. The number of amides is 1. The molecule has 9 rings (SSSR count). The van der Waals surface area contributed by atoms with Gasteiger partial charge in [-0.25, -0.2) is 23.1 Å². The van der Waals surface area contributed by atoms with E-state index in [1.807, 2.05) is 48.3 Å². The largest absolute Gasteiger partial charge is 0.491 e. The van der Waals surface area contributed by atoms with E-state index in [1.165, 1.54) is 6.20 Å². The van der Waals surface area contributed by atoms with E-state index in [2.05, 4.69) is 25.4 Å². The molecule has 6 atom stereocenters. The lowest BCUT2D eigenvalue weighted by molar-refractivity contribution is -0.134. The highest BCUT2D eigenvalue weighted by atomic mass is 32.2.